The fraction of sp³-hybridized carbons (Fsp3) is 0.200. The molecule has 0 fully saturated rings. The third kappa shape index (κ3) is 3.22. The summed E-state index contributed by atoms with van der Waals surface area (Å²) in [4.78, 5) is 17.7. The number of nitrogens with zero attached hydrogens (tertiary/aromatic N) is 1. The van der Waals surface area contributed by atoms with Gasteiger partial charge in [0.1, 0.15) is 0 Å². The van der Waals surface area contributed by atoms with Crippen LogP contribution < -0.4 is 11.1 Å². The van der Waals surface area contributed by atoms with Gasteiger partial charge in [0.25, 0.3) is 5.91 Å². The third-order valence-corrected chi connectivity index (χ3v) is 4.88. The lowest BCUT2D eigenvalue weighted by atomic mass is 10.1. The van der Waals surface area contributed by atoms with Crippen molar-refractivity contribution < 1.29 is 4.79 Å². The Kier molecular flexibility index (Phi) is 3.90. The normalized spacial score (nSPS) is 12.4. The first-order valence-electron chi connectivity index (χ1n) is 6.61. The molecular weight excluding hydrogens is 302 g/mol. The number of nitrogen functional groups attached to an aromatic ring is 1. The second kappa shape index (κ2) is 5.83. The molecule has 6 heteroatoms. The average Bonchev–Trinajstić information content (AvgIpc) is 3.05. The zero-order chi connectivity index (χ0) is 14.8. The Balaban J connectivity index is 1.71. The molecule has 108 valence electrons. The number of anilines is 1. The van der Waals surface area contributed by atoms with Crippen LogP contribution >= 0.6 is 22.7 Å². The number of fused-ring (bicyclic) bond motifs is 1. The highest BCUT2D eigenvalue weighted by Gasteiger charge is 2.12. The molecule has 0 saturated carbocycles. The van der Waals surface area contributed by atoms with Crippen LogP contribution in [0.1, 0.15) is 22.2 Å². The van der Waals surface area contributed by atoms with E-state index in [0.717, 1.165) is 16.6 Å². The molecule has 1 amide bonds. The van der Waals surface area contributed by atoms with Gasteiger partial charge in [-0.1, -0.05) is 17.4 Å². The molecule has 2 aromatic heterocycles. The minimum atomic E-state index is -0.0621. The molecule has 1 atom stereocenters. The van der Waals surface area contributed by atoms with Crippen LogP contribution in [0.25, 0.3) is 10.2 Å². The molecule has 3 rings (SSSR count). The van der Waals surface area contributed by atoms with Gasteiger partial charge in [-0.25, -0.2) is 4.98 Å². The summed E-state index contributed by atoms with van der Waals surface area (Å²) < 4.78 is 0.936. The van der Waals surface area contributed by atoms with Gasteiger partial charge in [0.2, 0.25) is 0 Å². The maximum Gasteiger partial charge on any atom is 0.251 e. The molecule has 1 aromatic carbocycles. The van der Waals surface area contributed by atoms with E-state index < -0.39 is 0 Å². The van der Waals surface area contributed by atoms with Crippen LogP contribution in [0.15, 0.2) is 35.7 Å². The van der Waals surface area contributed by atoms with E-state index in [-0.39, 0.29) is 11.9 Å². The second-order valence-corrected chi connectivity index (χ2v) is 6.99. The summed E-state index contributed by atoms with van der Waals surface area (Å²) in [7, 11) is 0. The maximum absolute atomic E-state index is 12.3. The fourth-order valence-corrected chi connectivity index (χ4v) is 3.78. The van der Waals surface area contributed by atoms with Crippen LogP contribution in [0.3, 0.4) is 0 Å². The smallest absolute Gasteiger partial charge is 0.251 e. The standard InChI is InChI=1S/C15H15N3OS2/c1-9(7-11-3-2-6-20-11)17-14(19)10-4-5-12-13(8-10)21-15(16)18-12/h2-6,8-9H,7H2,1H3,(H2,16,18)(H,17,19). The summed E-state index contributed by atoms with van der Waals surface area (Å²) in [6, 6.07) is 9.67. The first-order chi connectivity index (χ1) is 10.1. The zero-order valence-electron chi connectivity index (χ0n) is 11.5. The number of thiazole rings is 1. The first-order valence-corrected chi connectivity index (χ1v) is 8.31. The van der Waals surface area contributed by atoms with Crippen molar-refractivity contribution in [1.82, 2.24) is 10.3 Å². The van der Waals surface area contributed by atoms with Crippen molar-refractivity contribution in [2.24, 2.45) is 0 Å². The van der Waals surface area contributed by atoms with E-state index in [1.807, 2.05) is 30.5 Å². The summed E-state index contributed by atoms with van der Waals surface area (Å²) in [6.45, 7) is 2.01. The molecule has 3 N–H and O–H groups in total. The Bertz CT molecular complexity index is 764. The highest BCUT2D eigenvalue weighted by atomic mass is 32.1. The molecule has 0 bridgehead atoms. The summed E-state index contributed by atoms with van der Waals surface area (Å²) >= 11 is 3.10. The minimum absolute atomic E-state index is 0.0621. The van der Waals surface area contributed by atoms with Gasteiger partial charge in [0, 0.05) is 22.9 Å². The van der Waals surface area contributed by atoms with E-state index in [0.29, 0.717) is 10.7 Å². The van der Waals surface area contributed by atoms with E-state index in [1.54, 1.807) is 17.4 Å². The van der Waals surface area contributed by atoms with Gasteiger partial charge in [0.05, 0.1) is 10.2 Å². The highest BCUT2D eigenvalue weighted by molar-refractivity contribution is 7.22. The Hall–Kier alpha value is -1.92. The molecule has 4 nitrogen and oxygen atoms in total. The monoisotopic (exact) mass is 317 g/mol. The van der Waals surface area contributed by atoms with E-state index in [4.69, 9.17) is 5.73 Å². The van der Waals surface area contributed by atoms with Crippen LogP contribution in [-0.2, 0) is 6.42 Å². The molecule has 0 aliphatic carbocycles. The summed E-state index contributed by atoms with van der Waals surface area (Å²) in [6.07, 6.45) is 0.846. The molecule has 0 aliphatic rings. The number of thiophene rings is 1. The van der Waals surface area contributed by atoms with Gasteiger partial charge in [-0.2, -0.15) is 0 Å². The van der Waals surface area contributed by atoms with E-state index in [1.165, 1.54) is 16.2 Å². The predicted octanol–water partition coefficient (Wildman–Crippen LogP) is 3.30. The number of amides is 1. The van der Waals surface area contributed by atoms with Crippen LogP contribution in [0.4, 0.5) is 5.13 Å². The van der Waals surface area contributed by atoms with Gasteiger partial charge in [-0.05, 0) is 36.6 Å². The number of hydrogen-bond donors (Lipinski definition) is 2. The van der Waals surface area contributed by atoms with Crippen molar-refractivity contribution in [2.75, 3.05) is 5.73 Å². The lowest BCUT2D eigenvalue weighted by Crippen LogP contribution is -2.33. The molecule has 1 unspecified atom stereocenters. The number of hydrogen-bond acceptors (Lipinski definition) is 5. The number of nitrogens with one attached hydrogen (secondary N) is 1. The Labute approximate surface area is 130 Å². The predicted molar refractivity (Wildman–Crippen MR) is 89.0 cm³/mol. The van der Waals surface area contributed by atoms with E-state index in [9.17, 15) is 4.79 Å². The third-order valence-electron chi connectivity index (χ3n) is 3.13. The summed E-state index contributed by atoms with van der Waals surface area (Å²) in [5.41, 5.74) is 7.16. The molecule has 0 radical (unpaired) electrons. The number of carbonyl (C=O) groups excluding carboxylic acids is 1. The summed E-state index contributed by atoms with van der Waals surface area (Å²) in [5.74, 6) is -0.0621. The van der Waals surface area contributed by atoms with Crippen LogP contribution in [0.5, 0.6) is 0 Å². The van der Waals surface area contributed by atoms with Crippen molar-refractivity contribution in [1.29, 1.82) is 0 Å². The first kappa shape index (κ1) is 14.0. The van der Waals surface area contributed by atoms with Gasteiger partial charge >= 0.3 is 0 Å². The van der Waals surface area contributed by atoms with E-state index in [2.05, 4.69) is 16.4 Å². The number of rotatable bonds is 4. The van der Waals surface area contributed by atoms with Crippen molar-refractivity contribution in [3.05, 3.63) is 46.2 Å². The van der Waals surface area contributed by atoms with Gasteiger partial charge < -0.3 is 11.1 Å². The molecule has 0 aliphatic heterocycles. The molecule has 0 saturated heterocycles. The van der Waals surface area contributed by atoms with E-state index >= 15 is 0 Å². The minimum Gasteiger partial charge on any atom is -0.375 e. The largest absolute Gasteiger partial charge is 0.375 e. The molecular formula is C15H15N3OS2. The van der Waals surface area contributed by atoms with Gasteiger partial charge in [0.15, 0.2) is 5.13 Å². The van der Waals surface area contributed by atoms with Crippen LogP contribution in [0, 0.1) is 0 Å². The SMILES string of the molecule is CC(Cc1cccs1)NC(=O)c1ccc2nc(N)sc2c1. The zero-order valence-corrected chi connectivity index (χ0v) is 13.1. The Morgan fingerprint density at radius 3 is 3.05 bits per heavy atom. The topological polar surface area (TPSA) is 68.0 Å². The quantitative estimate of drug-likeness (QED) is 0.776. The maximum atomic E-state index is 12.3. The van der Waals surface area contributed by atoms with Crippen LogP contribution in [-0.4, -0.2) is 16.9 Å². The average molecular weight is 317 g/mol. The van der Waals surface area contributed by atoms with Gasteiger partial charge in [-0.3, -0.25) is 4.79 Å². The Morgan fingerprint density at radius 2 is 2.29 bits per heavy atom. The van der Waals surface area contributed by atoms with Crippen LogP contribution in [0.2, 0.25) is 0 Å². The van der Waals surface area contributed by atoms with Crippen molar-refractivity contribution in [2.45, 2.75) is 19.4 Å². The fourth-order valence-electron chi connectivity index (χ4n) is 2.17. The van der Waals surface area contributed by atoms with Gasteiger partial charge in [-0.15, -0.1) is 11.3 Å². The Morgan fingerprint density at radius 1 is 1.43 bits per heavy atom. The van der Waals surface area contributed by atoms with Crippen molar-refractivity contribution in [3.8, 4) is 0 Å². The molecule has 3 aromatic rings. The lowest BCUT2D eigenvalue weighted by molar-refractivity contribution is 0.0940. The number of aromatic nitrogens is 1. The van der Waals surface area contributed by atoms with Crippen molar-refractivity contribution in [3.63, 3.8) is 0 Å². The van der Waals surface area contributed by atoms with Crippen molar-refractivity contribution >= 4 is 43.9 Å². The molecule has 2 heterocycles. The lowest BCUT2D eigenvalue weighted by Gasteiger charge is -2.13. The molecule has 21 heavy (non-hydrogen) atoms. The molecule has 0 spiro atoms. The number of benzene rings is 1. The second-order valence-electron chi connectivity index (χ2n) is 4.89. The highest BCUT2D eigenvalue weighted by Crippen LogP contribution is 2.24. The summed E-state index contributed by atoms with van der Waals surface area (Å²) in [5, 5.41) is 5.60. The number of carbonyl (C=O) groups is 1. The number of nitrogens with two attached hydrogens (primary N) is 1.